The van der Waals surface area contributed by atoms with E-state index in [0.717, 1.165) is 26.1 Å². The van der Waals surface area contributed by atoms with Crippen LogP contribution >= 0.6 is 0 Å². The van der Waals surface area contributed by atoms with Gasteiger partial charge in [-0.2, -0.15) is 5.06 Å². The lowest BCUT2D eigenvalue weighted by molar-refractivity contribution is -0.147. The van der Waals surface area contributed by atoms with E-state index in [1.807, 2.05) is 0 Å². The molecule has 0 bridgehead atoms. The van der Waals surface area contributed by atoms with Crippen LogP contribution in [0.15, 0.2) is 0 Å². The topological polar surface area (TPSA) is 35.9 Å². The molecule has 0 radical (unpaired) electrons. The summed E-state index contributed by atoms with van der Waals surface area (Å²) in [6.45, 7) is 11.9. The van der Waals surface area contributed by atoms with Crippen LogP contribution in [0.1, 0.15) is 34.1 Å². The summed E-state index contributed by atoms with van der Waals surface area (Å²) in [5.74, 6) is 0. The van der Waals surface area contributed by atoms with Crippen LogP contribution in [-0.2, 0) is 4.74 Å². The van der Waals surface area contributed by atoms with Gasteiger partial charge >= 0.3 is 0 Å². The maximum Gasteiger partial charge on any atom is 0.0976 e. The fourth-order valence-corrected chi connectivity index (χ4v) is 3.34. The fraction of sp³-hybridized carbons (Fsp3) is 1.00. The number of rotatable bonds is 0. The van der Waals surface area contributed by atoms with Gasteiger partial charge < -0.3 is 14.8 Å². The maximum atomic E-state index is 10.0. The Morgan fingerprint density at radius 3 is 2.24 bits per heavy atom. The van der Waals surface area contributed by atoms with Crippen molar-refractivity contribution in [2.75, 3.05) is 33.3 Å². The number of hydroxylamine groups is 2. The van der Waals surface area contributed by atoms with E-state index in [1.165, 1.54) is 5.06 Å². The average molecular weight is 242 g/mol. The molecule has 100 valence electrons. The molecule has 4 nitrogen and oxygen atoms in total. The second-order valence-corrected chi connectivity index (χ2v) is 7.36. The molecule has 1 spiro atoms. The average Bonchev–Trinajstić information content (AvgIpc) is 2.25. The molecule has 0 aromatic rings. The molecule has 1 unspecified atom stereocenters. The lowest BCUT2D eigenvalue weighted by atomic mass is 9.92. The summed E-state index contributed by atoms with van der Waals surface area (Å²) in [5.41, 5.74) is -0.207. The lowest BCUT2D eigenvalue weighted by Gasteiger charge is -2.30. The summed E-state index contributed by atoms with van der Waals surface area (Å²) in [6, 6.07) is 0. The first-order valence-electron chi connectivity index (χ1n) is 6.43. The van der Waals surface area contributed by atoms with Crippen molar-refractivity contribution in [3.63, 3.8) is 0 Å². The molecule has 17 heavy (non-hydrogen) atoms. The minimum absolute atomic E-state index is 0.185. The number of likely N-dealkylation sites (N-methyl/N-ethyl adjacent to an activating group) is 1. The third-order valence-electron chi connectivity index (χ3n) is 3.92. The molecular weight excluding hydrogens is 216 g/mol. The van der Waals surface area contributed by atoms with Gasteiger partial charge in [-0.1, -0.05) is 13.8 Å². The normalized spacial score (nSPS) is 38.5. The van der Waals surface area contributed by atoms with E-state index in [0.29, 0.717) is 6.54 Å². The Morgan fingerprint density at radius 2 is 1.71 bits per heavy atom. The summed E-state index contributed by atoms with van der Waals surface area (Å²) in [6.07, 6.45) is 0.886. The van der Waals surface area contributed by atoms with Crippen LogP contribution in [0.4, 0.5) is 0 Å². The van der Waals surface area contributed by atoms with Crippen LogP contribution in [0.5, 0.6) is 0 Å². The molecule has 2 fully saturated rings. The summed E-state index contributed by atoms with van der Waals surface area (Å²) in [5, 5.41) is 11.5. The van der Waals surface area contributed by atoms with Gasteiger partial charge in [0, 0.05) is 24.0 Å². The molecule has 1 N–H and O–H groups in total. The smallest absolute Gasteiger partial charge is 0.0976 e. The molecule has 1 atom stereocenters. The molecule has 4 heteroatoms. The Labute approximate surface area is 104 Å². The zero-order valence-electron chi connectivity index (χ0n) is 11.8. The third-order valence-corrected chi connectivity index (χ3v) is 3.92. The number of hydrogen-bond acceptors (Lipinski definition) is 4. The molecule has 2 rings (SSSR count). The van der Waals surface area contributed by atoms with Gasteiger partial charge in [0.05, 0.1) is 18.8 Å². The van der Waals surface area contributed by atoms with Gasteiger partial charge in [0.25, 0.3) is 0 Å². The van der Waals surface area contributed by atoms with Crippen LogP contribution in [0.3, 0.4) is 0 Å². The van der Waals surface area contributed by atoms with E-state index in [-0.39, 0.29) is 16.6 Å². The van der Waals surface area contributed by atoms with Gasteiger partial charge in [-0.15, -0.1) is 0 Å². The van der Waals surface area contributed by atoms with Crippen molar-refractivity contribution in [2.45, 2.75) is 45.3 Å². The zero-order valence-corrected chi connectivity index (χ0v) is 11.8. The molecular formula is C13H26N2O2. The van der Waals surface area contributed by atoms with Crippen molar-refractivity contribution in [3.8, 4) is 0 Å². The minimum Gasteiger partial charge on any atom is -0.372 e. The van der Waals surface area contributed by atoms with Crippen LogP contribution in [0.2, 0.25) is 0 Å². The van der Waals surface area contributed by atoms with Crippen molar-refractivity contribution >= 4 is 0 Å². The van der Waals surface area contributed by atoms with Gasteiger partial charge in [-0.3, -0.25) is 0 Å². The van der Waals surface area contributed by atoms with Gasteiger partial charge in [-0.05, 0) is 27.3 Å². The van der Waals surface area contributed by atoms with Gasteiger partial charge in [0.2, 0.25) is 0 Å². The molecule has 2 aliphatic heterocycles. The second-order valence-electron chi connectivity index (χ2n) is 7.36. The highest BCUT2D eigenvalue weighted by molar-refractivity contribution is 5.03. The largest absolute Gasteiger partial charge is 0.372 e. The Morgan fingerprint density at radius 1 is 1.06 bits per heavy atom. The van der Waals surface area contributed by atoms with Crippen molar-refractivity contribution in [3.05, 3.63) is 0 Å². The summed E-state index contributed by atoms with van der Waals surface area (Å²) in [7, 11) is 2.14. The van der Waals surface area contributed by atoms with Gasteiger partial charge in [-0.25, -0.2) is 0 Å². The van der Waals surface area contributed by atoms with Gasteiger partial charge in [0.1, 0.15) is 0 Å². The molecule has 2 aliphatic rings. The first kappa shape index (κ1) is 13.3. The Balaban J connectivity index is 2.17. The highest BCUT2D eigenvalue weighted by Crippen LogP contribution is 2.39. The fourth-order valence-electron chi connectivity index (χ4n) is 3.34. The Kier molecular flexibility index (Phi) is 3.06. The van der Waals surface area contributed by atoms with Crippen molar-refractivity contribution < 1.29 is 9.94 Å². The molecule has 2 saturated heterocycles. The van der Waals surface area contributed by atoms with Crippen LogP contribution < -0.4 is 0 Å². The van der Waals surface area contributed by atoms with E-state index in [1.54, 1.807) is 0 Å². The first-order valence-corrected chi connectivity index (χ1v) is 6.43. The molecule has 0 aromatic heterocycles. The van der Waals surface area contributed by atoms with E-state index < -0.39 is 0 Å². The monoisotopic (exact) mass is 242 g/mol. The third kappa shape index (κ3) is 2.65. The van der Waals surface area contributed by atoms with Crippen LogP contribution in [0.25, 0.3) is 0 Å². The number of nitrogens with zero attached hydrogens (tertiary/aromatic N) is 2. The second kappa shape index (κ2) is 3.92. The molecule has 2 heterocycles. The zero-order chi connectivity index (χ0) is 12.9. The highest BCUT2D eigenvalue weighted by atomic mass is 16.5. The van der Waals surface area contributed by atoms with E-state index in [2.05, 4.69) is 39.6 Å². The van der Waals surface area contributed by atoms with Crippen LogP contribution in [-0.4, -0.2) is 59.6 Å². The maximum absolute atomic E-state index is 10.0. The standard InChI is InChI=1S/C13H26N2O2/c1-11(2)7-14(5)8-13(17-10-11)6-12(3,4)15(16)9-13/h16H,6-10H2,1-5H3. The molecule has 0 aromatic carbocycles. The number of ether oxygens (including phenoxy) is 1. The molecule has 0 aliphatic carbocycles. The summed E-state index contributed by atoms with van der Waals surface area (Å²) in [4.78, 5) is 2.34. The first-order chi connectivity index (χ1) is 7.64. The quantitative estimate of drug-likeness (QED) is 0.700. The highest BCUT2D eigenvalue weighted by Gasteiger charge is 2.51. The van der Waals surface area contributed by atoms with Gasteiger partial charge in [0.15, 0.2) is 0 Å². The summed E-state index contributed by atoms with van der Waals surface area (Å²) >= 11 is 0. The predicted octanol–water partition coefficient (Wildman–Crippen LogP) is 1.59. The Bertz CT molecular complexity index is 304. The van der Waals surface area contributed by atoms with Crippen molar-refractivity contribution in [1.82, 2.24) is 9.96 Å². The Hall–Kier alpha value is -0.160. The summed E-state index contributed by atoms with van der Waals surface area (Å²) < 4.78 is 6.20. The van der Waals surface area contributed by atoms with E-state index in [4.69, 9.17) is 4.74 Å². The van der Waals surface area contributed by atoms with Crippen LogP contribution in [0, 0.1) is 5.41 Å². The number of hydrogen-bond donors (Lipinski definition) is 1. The predicted molar refractivity (Wildman–Crippen MR) is 67.1 cm³/mol. The molecule has 0 amide bonds. The van der Waals surface area contributed by atoms with Crippen molar-refractivity contribution in [1.29, 1.82) is 0 Å². The molecule has 0 saturated carbocycles. The van der Waals surface area contributed by atoms with E-state index in [9.17, 15) is 5.21 Å². The minimum atomic E-state index is -0.208. The lowest BCUT2D eigenvalue weighted by Crippen LogP contribution is -2.44. The van der Waals surface area contributed by atoms with Crippen molar-refractivity contribution in [2.24, 2.45) is 5.41 Å². The SMILES string of the molecule is CN1CC(C)(C)COC2(C1)CN(O)C(C)(C)C2. The van der Waals surface area contributed by atoms with E-state index >= 15 is 0 Å².